The van der Waals surface area contributed by atoms with Gasteiger partial charge >= 0.3 is 0 Å². The van der Waals surface area contributed by atoms with Crippen LogP contribution in [-0.2, 0) is 11.2 Å². The lowest BCUT2D eigenvalue weighted by molar-refractivity contribution is -0.115. The quantitative estimate of drug-likeness (QED) is 0.844. The van der Waals surface area contributed by atoms with E-state index in [9.17, 15) is 4.79 Å². The van der Waals surface area contributed by atoms with Crippen LogP contribution in [0.15, 0.2) is 39.7 Å². The van der Waals surface area contributed by atoms with E-state index >= 15 is 0 Å². The van der Waals surface area contributed by atoms with Gasteiger partial charge in [0, 0.05) is 5.02 Å². The molecule has 0 fully saturated rings. The molecule has 1 N–H and O–H groups in total. The maximum Gasteiger partial charge on any atom is 0.230 e. The van der Waals surface area contributed by atoms with Crippen molar-refractivity contribution in [2.45, 2.75) is 6.42 Å². The molecule has 0 saturated heterocycles. The second-order valence-electron chi connectivity index (χ2n) is 3.68. The number of benzene rings is 1. The summed E-state index contributed by atoms with van der Waals surface area (Å²) in [7, 11) is 0. The Kier molecular flexibility index (Phi) is 4.90. The van der Waals surface area contributed by atoms with E-state index in [-0.39, 0.29) is 12.3 Å². The van der Waals surface area contributed by atoms with Gasteiger partial charge in [0.2, 0.25) is 5.91 Å². The molecule has 0 saturated carbocycles. The molecule has 2 aromatic rings. The van der Waals surface area contributed by atoms with Crippen molar-refractivity contribution in [1.29, 1.82) is 0 Å². The maximum absolute atomic E-state index is 11.9. The normalized spacial score (nSPS) is 10.3. The minimum Gasteiger partial charge on any atom is -0.308 e. The molecular weight excluding hydrogens is 397 g/mol. The van der Waals surface area contributed by atoms with Gasteiger partial charge in [-0.1, -0.05) is 23.7 Å². The van der Waals surface area contributed by atoms with Crippen molar-refractivity contribution >= 4 is 55.2 Å². The van der Waals surface area contributed by atoms with Crippen molar-refractivity contribution in [2.75, 3.05) is 5.32 Å². The first-order valence-corrected chi connectivity index (χ1v) is 7.23. The van der Waals surface area contributed by atoms with E-state index in [1.807, 2.05) is 12.1 Å². The lowest BCUT2D eigenvalue weighted by atomic mass is 10.1. The third kappa shape index (κ3) is 4.26. The molecule has 2 rings (SSSR count). The minimum absolute atomic E-state index is 0.167. The number of rotatable bonds is 3. The third-order valence-electron chi connectivity index (χ3n) is 2.24. The molecule has 0 unspecified atom stereocenters. The summed E-state index contributed by atoms with van der Waals surface area (Å²) < 4.78 is 1.07. The molecule has 1 aromatic heterocycles. The predicted molar refractivity (Wildman–Crippen MR) is 81.2 cm³/mol. The Balaban J connectivity index is 2.03. The van der Waals surface area contributed by atoms with Crippen molar-refractivity contribution in [3.63, 3.8) is 0 Å². The fraction of sp³-hybridized carbons (Fsp3) is 0.0833. The highest BCUT2D eigenvalue weighted by atomic mass is 79.9. The number of aromatic nitrogens is 2. The highest BCUT2D eigenvalue weighted by molar-refractivity contribution is 9.11. The van der Waals surface area contributed by atoms with E-state index in [2.05, 4.69) is 47.1 Å². The Morgan fingerprint density at radius 2 is 1.95 bits per heavy atom. The lowest BCUT2D eigenvalue weighted by Crippen LogP contribution is -2.16. The van der Waals surface area contributed by atoms with Gasteiger partial charge in [0.25, 0.3) is 0 Å². The maximum atomic E-state index is 11.9. The van der Waals surface area contributed by atoms with Crippen LogP contribution in [0.1, 0.15) is 5.56 Å². The van der Waals surface area contributed by atoms with Gasteiger partial charge in [-0.05, 0) is 49.6 Å². The number of carbonyl (C=O) groups is 1. The average Bonchev–Trinajstić information content (AvgIpc) is 2.36. The third-order valence-corrected chi connectivity index (χ3v) is 3.42. The number of amides is 1. The Bertz CT molecular complexity index is 604. The molecule has 0 bridgehead atoms. The second-order valence-corrected chi connectivity index (χ2v) is 5.68. The van der Waals surface area contributed by atoms with Gasteiger partial charge < -0.3 is 5.32 Å². The fourth-order valence-corrected chi connectivity index (χ4v) is 2.43. The molecule has 0 radical (unpaired) electrons. The molecule has 1 amide bonds. The van der Waals surface area contributed by atoms with Crippen LogP contribution in [0.3, 0.4) is 0 Å². The van der Waals surface area contributed by atoms with Crippen molar-refractivity contribution in [3.05, 3.63) is 50.3 Å². The van der Waals surface area contributed by atoms with Crippen molar-refractivity contribution in [1.82, 2.24) is 9.97 Å². The number of nitrogens with zero attached hydrogens (tertiary/aromatic N) is 2. The highest BCUT2D eigenvalue weighted by Gasteiger charge is 2.09. The minimum atomic E-state index is -0.167. The summed E-state index contributed by atoms with van der Waals surface area (Å²) in [5, 5.41) is 3.33. The van der Waals surface area contributed by atoms with Crippen LogP contribution in [0.25, 0.3) is 0 Å². The Hall–Kier alpha value is -0.980. The van der Waals surface area contributed by atoms with Crippen molar-refractivity contribution < 1.29 is 4.79 Å². The molecule has 98 valence electrons. The van der Waals surface area contributed by atoms with E-state index in [0.29, 0.717) is 20.0 Å². The number of hydrogen-bond donors (Lipinski definition) is 1. The van der Waals surface area contributed by atoms with E-state index in [4.69, 9.17) is 11.6 Å². The van der Waals surface area contributed by atoms with Crippen molar-refractivity contribution in [2.24, 2.45) is 0 Å². The summed E-state index contributed by atoms with van der Waals surface area (Å²) in [6.07, 6.45) is 1.77. The molecular formula is C12H8Br2ClN3O. The molecule has 0 aliphatic heterocycles. The monoisotopic (exact) mass is 403 g/mol. The first-order chi connectivity index (χ1) is 9.04. The van der Waals surface area contributed by atoms with Gasteiger partial charge in [0.15, 0.2) is 5.82 Å². The number of hydrogen-bond acceptors (Lipinski definition) is 3. The van der Waals surface area contributed by atoms with Crippen LogP contribution in [0.4, 0.5) is 5.82 Å². The van der Waals surface area contributed by atoms with Gasteiger partial charge in [-0.25, -0.2) is 9.97 Å². The summed E-state index contributed by atoms with van der Waals surface area (Å²) in [5.41, 5.74) is 0.878. The molecule has 0 atom stereocenters. The SMILES string of the molecule is O=C(Cc1ccc(Cl)cc1)Nc1ncc(Br)nc1Br. The van der Waals surface area contributed by atoms with Gasteiger partial charge in [0.1, 0.15) is 9.21 Å². The number of nitrogens with one attached hydrogen (secondary N) is 1. The summed E-state index contributed by atoms with van der Waals surface area (Å²) in [5.74, 6) is 0.224. The van der Waals surface area contributed by atoms with E-state index in [1.54, 1.807) is 12.1 Å². The van der Waals surface area contributed by atoms with Gasteiger partial charge in [-0.3, -0.25) is 4.79 Å². The smallest absolute Gasteiger partial charge is 0.230 e. The highest BCUT2D eigenvalue weighted by Crippen LogP contribution is 2.19. The number of halogens is 3. The van der Waals surface area contributed by atoms with Crippen LogP contribution in [-0.4, -0.2) is 15.9 Å². The standard InChI is InChI=1S/C12H8Br2ClN3O/c13-9-6-16-12(11(14)17-9)18-10(19)5-7-1-3-8(15)4-2-7/h1-4,6H,5H2,(H,16,18,19). The largest absolute Gasteiger partial charge is 0.308 e. The molecule has 0 aliphatic carbocycles. The number of anilines is 1. The molecule has 4 nitrogen and oxygen atoms in total. The first kappa shape index (κ1) is 14.4. The molecule has 0 spiro atoms. The van der Waals surface area contributed by atoms with E-state index in [1.165, 1.54) is 6.20 Å². The van der Waals surface area contributed by atoms with Crippen LogP contribution in [0.2, 0.25) is 5.02 Å². The van der Waals surface area contributed by atoms with Crippen LogP contribution < -0.4 is 5.32 Å². The van der Waals surface area contributed by atoms with Crippen LogP contribution >= 0.6 is 43.5 Å². The second kappa shape index (κ2) is 6.45. The summed E-state index contributed by atoms with van der Waals surface area (Å²) in [6.45, 7) is 0. The number of carbonyl (C=O) groups excluding carboxylic acids is 1. The van der Waals surface area contributed by atoms with Gasteiger partial charge in [-0.2, -0.15) is 0 Å². The fourth-order valence-electron chi connectivity index (χ4n) is 1.39. The van der Waals surface area contributed by atoms with Gasteiger partial charge in [0.05, 0.1) is 12.6 Å². The summed E-state index contributed by atoms with van der Waals surface area (Å²) in [4.78, 5) is 20.0. The zero-order valence-corrected chi connectivity index (χ0v) is 13.5. The summed E-state index contributed by atoms with van der Waals surface area (Å²) >= 11 is 12.2. The molecule has 0 aliphatic rings. The molecule has 1 aromatic carbocycles. The van der Waals surface area contributed by atoms with Crippen LogP contribution in [0.5, 0.6) is 0 Å². The zero-order valence-electron chi connectivity index (χ0n) is 9.53. The summed E-state index contributed by atoms with van der Waals surface area (Å²) in [6, 6.07) is 7.12. The predicted octanol–water partition coefficient (Wildman–Crippen LogP) is 3.84. The molecule has 19 heavy (non-hydrogen) atoms. The Morgan fingerprint density at radius 1 is 1.26 bits per heavy atom. The zero-order chi connectivity index (χ0) is 13.8. The van der Waals surface area contributed by atoms with E-state index in [0.717, 1.165) is 5.56 Å². The van der Waals surface area contributed by atoms with Crippen molar-refractivity contribution in [3.8, 4) is 0 Å². The average molecular weight is 405 g/mol. The van der Waals surface area contributed by atoms with E-state index < -0.39 is 0 Å². The Morgan fingerprint density at radius 3 is 2.58 bits per heavy atom. The molecule has 1 heterocycles. The Labute approximate surface area is 131 Å². The first-order valence-electron chi connectivity index (χ1n) is 5.27. The molecule has 7 heteroatoms. The van der Waals surface area contributed by atoms with Crippen LogP contribution in [0, 0.1) is 0 Å². The lowest BCUT2D eigenvalue weighted by Gasteiger charge is -2.06. The topological polar surface area (TPSA) is 54.9 Å². The van der Waals surface area contributed by atoms with Gasteiger partial charge in [-0.15, -0.1) is 0 Å².